The normalized spacial score (nSPS) is 14.6. The summed E-state index contributed by atoms with van der Waals surface area (Å²) in [5.41, 5.74) is 3.81. The van der Waals surface area contributed by atoms with Crippen LogP contribution in [0.5, 0.6) is 0 Å². The number of hydrogen-bond donors (Lipinski definition) is 2. The van der Waals surface area contributed by atoms with E-state index in [1.54, 1.807) is 11.3 Å². The maximum Gasteiger partial charge on any atom is 0.191 e. The molecule has 1 aliphatic heterocycles. The summed E-state index contributed by atoms with van der Waals surface area (Å²) in [6.07, 6.45) is 4.62. The Labute approximate surface area is 196 Å². The van der Waals surface area contributed by atoms with Gasteiger partial charge in [0, 0.05) is 31.4 Å². The average Bonchev–Trinajstić information content (AvgIpc) is 3.39. The minimum Gasteiger partial charge on any atom is -0.357 e. The fourth-order valence-electron chi connectivity index (χ4n) is 3.40. The largest absolute Gasteiger partial charge is 0.357 e. The maximum atomic E-state index is 4.74. The molecule has 0 bridgehead atoms. The summed E-state index contributed by atoms with van der Waals surface area (Å²) in [5.74, 6) is 0.870. The standard InChI is InChI=1S/C22H33N5S.HI/c1-3-21-26-20(17-28-21)11-12-24-22(23-4-2)25-15-18-7-9-19(10-8-18)16-27-13-5-6-14-27;/h7-10,17H,3-6,11-16H2,1-2H3,(H2,23,24,25);1H. The predicted octanol–water partition coefficient (Wildman–Crippen LogP) is 4.22. The first-order valence-electron chi connectivity index (χ1n) is 10.5. The van der Waals surface area contributed by atoms with Crippen LogP contribution in [0.2, 0.25) is 0 Å². The average molecular weight is 528 g/mol. The fourth-order valence-corrected chi connectivity index (χ4v) is 4.18. The van der Waals surface area contributed by atoms with Gasteiger partial charge in [0.25, 0.3) is 0 Å². The van der Waals surface area contributed by atoms with Gasteiger partial charge in [-0.05, 0) is 50.4 Å². The molecule has 2 N–H and O–H groups in total. The number of thiazole rings is 1. The highest BCUT2D eigenvalue weighted by molar-refractivity contribution is 14.0. The lowest BCUT2D eigenvalue weighted by Gasteiger charge is -2.14. The Kier molecular flexibility index (Phi) is 10.9. The Morgan fingerprint density at radius 2 is 1.83 bits per heavy atom. The van der Waals surface area contributed by atoms with Crippen molar-refractivity contribution in [3.8, 4) is 0 Å². The van der Waals surface area contributed by atoms with Crippen LogP contribution < -0.4 is 10.6 Å². The van der Waals surface area contributed by atoms with Crippen molar-refractivity contribution >= 4 is 41.3 Å². The van der Waals surface area contributed by atoms with Crippen molar-refractivity contribution in [1.82, 2.24) is 20.5 Å². The Balaban J connectivity index is 0.00000300. The minimum absolute atomic E-state index is 0. The first kappa shape index (κ1) is 24.1. The van der Waals surface area contributed by atoms with Crippen LogP contribution in [0, 0.1) is 0 Å². The molecule has 0 radical (unpaired) electrons. The minimum atomic E-state index is 0. The van der Waals surface area contributed by atoms with Crippen molar-refractivity contribution < 1.29 is 0 Å². The lowest BCUT2D eigenvalue weighted by molar-refractivity contribution is 0.331. The van der Waals surface area contributed by atoms with Crippen LogP contribution in [-0.4, -0.2) is 42.0 Å². The smallest absolute Gasteiger partial charge is 0.191 e. The molecule has 0 saturated carbocycles. The van der Waals surface area contributed by atoms with Gasteiger partial charge in [-0.3, -0.25) is 4.90 Å². The van der Waals surface area contributed by atoms with Crippen LogP contribution in [0.25, 0.3) is 0 Å². The van der Waals surface area contributed by atoms with Crippen LogP contribution in [0.4, 0.5) is 0 Å². The summed E-state index contributed by atoms with van der Waals surface area (Å²) in [6, 6.07) is 8.91. The highest BCUT2D eigenvalue weighted by Crippen LogP contribution is 2.14. The summed E-state index contributed by atoms with van der Waals surface area (Å²) in [4.78, 5) is 11.9. The topological polar surface area (TPSA) is 52.6 Å². The van der Waals surface area contributed by atoms with Crippen LogP contribution in [0.3, 0.4) is 0 Å². The third kappa shape index (κ3) is 8.22. The van der Waals surface area contributed by atoms with Crippen molar-refractivity contribution in [3.63, 3.8) is 0 Å². The Hall–Kier alpha value is -1.19. The Morgan fingerprint density at radius 1 is 1.10 bits per heavy atom. The van der Waals surface area contributed by atoms with Gasteiger partial charge in [0.1, 0.15) is 0 Å². The molecule has 0 spiro atoms. The van der Waals surface area contributed by atoms with E-state index in [4.69, 9.17) is 4.99 Å². The summed E-state index contributed by atoms with van der Waals surface area (Å²) >= 11 is 1.75. The van der Waals surface area contributed by atoms with Gasteiger partial charge in [-0.1, -0.05) is 31.2 Å². The molecule has 0 aliphatic carbocycles. The number of halogens is 1. The zero-order chi connectivity index (χ0) is 19.6. The molecule has 0 atom stereocenters. The van der Waals surface area contributed by atoms with E-state index < -0.39 is 0 Å². The Morgan fingerprint density at radius 3 is 2.48 bits per heavy atom. The van der Waals surface area contributed by atoms with Gasteiger partial charge in [-0.15, -0.1) is 35.3 Å². The van der Waals surface area contributed by atoms with Gasteiger partial charge in [-0.25, -0.2) is 9.98 Å². The van der Waals surface area contributed by atoms with E-state index in [-0.39, 0.29) is 24.0 Å². The molecule has 1 saturated heterocycles. The predicted molar refractivity (Wildman–Crippen MR) is 134 cm³/mol. The molecular formula is C22H34IN5S. The Bertz CT molecular complexity index is 738. The molecule has 1 aromatic carbocycles. The monoisotopic (exact) mass is 527 g/mol. The molecule has 0 amide bonds. The summed E-state index contributed by atoms with van der Waals surface area (Å²) < 4.78 is 0. The van der Waals surface area contributed by atoms with Crippen LogP contribution in [-0.2, 0) is 25.9 Å². The number of benzene rings is 1. The second-order valence-electron chi connectivity index (χ2n) is 7.26. The van der Waals surface area contributed by atoms with Crippen molar-refractivity contribution in [2.75, 3.05) is 26.2 Å². The van der Waals surface area contributed by atoms with E-state index >= 15 is 0 Å². The molecule has 0 unspecified atom stereocenters. The zero-order valence-electron chi connectivity index (χ0n) is 17.6. The van der Waals surface area contributed by atoms with E-state index in [1.807, 2.05) is 0 Å². The molecule has 2 heterocycles. The summed E-state index contributed by atoms with van der Waals surface area (Å²) in [5, 5.41) is 10.1. The van der Waals surface area contributed by atoms with Crippen molar-refractivity contribution in [2.24, 2.45) is 4.99 Å². The highest BCUT2D eigenvalue weighted by Gasteiger charge is 2.11. The number of guanidine groups is 1. The number of aliphatic imine (C=N–C) groups is 1. The molecule has 29 heavy (non-hydrogen) atoms. The molecular weight excluding hydrogens is 493 g/mol. The van der Waals surface area contributed by atoms with E-state index in [0.717, 1.165) is 38.4 Å². The first-order chi connectivity index (χ1) is 13.8. The van der Waals surface area contributed by atoms with Crippen molar-refractivity contribution in [3.05, 3.63) is 51.5 Å². The molecule has 1 aromatic heterocycles. The number of nitrogens with one attached hydrogen (secondary N) is 2. The quantitative estimate of drug-likeness (QED) is 0.292. The van der Waals surface area contributed by atoms with Crippen molar-refractivity contribution in [2.45, 2.75) is 52.6 Å². The lowest BCUT2D eigenvalue weighted by Crippen LogP contribution is -2.38. The maximum absolute atomic E-state index is 4.74. The lowest BCUT2D eigenvalue weighted by atomic mass is 10.1. The van der Waals surface area contributed by atoms with E-state index in [9.17, 15) is 0 Å². The summed E-state index contributed by atoms with van der Waals surface area (Å²) in [6.45, 7) is 10.2. The first-order valence-corrected chi connectivity index (χ1v) is 11.4. The van der Waals surface area contributed by atoms with Crippen LogP contribution >= 0.6 is 35.3 Å². The van der Waals surface area contributed by atoms with E-state index in [2.05, 4.69) is 64.0 Å². The van der Waals surface area contributed by atoms with Gasteiger partial charge in [0.05, 0.1) is 17.2 Å². The van der Waals surface area contributed by atoms with E-state index in [0.29, 0.717) is 6.54 Å². The number of hydrogen-bond acceptors (Lipinski definition) is 4. The molecule has 7 heteroatoms. The third-order valence-corrected chi connectivity index (χ3v) is 6.01. The van der Waals surface area contributed by atoms with Crippen LogP contribution in [0.15, 0.2) is 34.6 Å². The number of nitrogens with zero attached hydrogens (tertiary/aromatic N) is 3. The fraction of sp³-hybridized carbons (Fsp3) is 0.545. The molecule has 5 nitrogen and oxygen atoms in total. The molecule has 1 aliphatic rings. The van der Waals surface area contributed by atoms with E-state index in [1.165, 1.54) is 47.8 Å². The number of aryl methyl sites for hydroxylation is 1. The van der Waals surface area contributed by atoms with Gasteiger partial charge in [0.15, 0.2) is 5.96 Å². The molecule has 3 rings (SSSR count). The number of rotatable bonds is 9. The SMILES string of the molecule is CCNC(=NCc1ccc(CN2CCCC2)cc1)NCCc1csc(CC)n1.I. The zero-order valence-corrected chi connectivity index (χ0v) is 20.8. The van der Waals surface area contributed by atoms with Gasteiger partial charge >= 0.3 is 0 Å². The van der Waals surface area contributed by atoms with Gasteiger partial charge in [0.2, 0.25) is 0 Å². The van der Waals surface area contributed by atoms with Gasteiger partial charge < -0.3 is 10.6 Å². The number of aromatic nitrogens is 1. The number of likely N-dealkylation sites (tertiary alicyclic amines) is 1. The third-order valence-electron chi connectivity index (χ3n) is 4.97. The van der Waals surface area contributed by atoms with Crippen molar-refractivity contribution in [1.29, 1.82) is 0 Å². The molecule has 160 valence electrons. The van der Waals surface area contributed by atoms with Gasteiger partial charge in [-0.2, -0.15) is 0 Å². The summed E-state index contributed by atoms with van der Waals surface area (Å²) in [7, 11) is 0. The second kappa shape index (κ2) is 13.2. The van der Waals surface area contributed by atoms with Crippen LogP contribution in [0.1, 0.15) is 48.5 Å². The molecule has 1 fully saturated rings. The second-order valence-corrected chi connectivity index (χ2v) is 8.20. The molecule has 2 aromatic rings. The highest BCUT2D eigenvalue weighted by atomic mass is 127.